The molecule has 1 rings (SSSR count). The van der Waals surface area contributed by atoms with Crippen LogP contribution >= 0.6 is 11.6 Å². The highest BCUT2D eigenvalue weighted by atomic mass is 35.5. The van der Waals surface area contributed by atoms with E-state index < -0.39 is 0 Å². The third-order valence-corrected chi connectivity index (χ3v) is 2.16. The maximum absolute atomic E-state index is 11.2. The highest BCUT2D eigenvalue weighted by Gasteiger charge is 2.06. The molecule has 0 radical (unpaired) electrons. The number of carbonyl (C=O) groups is 1. The van der Waals surface area contributed by atoms with E-state index in [0.29, 0.717) is 23.7 Å². The van der Waals surface area contributed by atoms with Crippen molar-refractivity contribution < 1.29 is 9.53 Å². The number of ether oxygens (including phenoxy) is 1. The molecule has 4 heteroatoms. The Kier molecular flexibility index (Phi) is 3.89. The predicted molar refractivity (Wildman–Crippen MR) is 54.8 cm³/mol. The van der Waals surface area contributed by atoms with E-state index in [1.807, 2.05) is 6.92 Å². The number of halogens is 1. The molecule has 0 aliphatic heterocycles. The number of aromatic nitrogens is 1. The van der Waals surface area contributed by atoms with Crippen LogP contribution < -0.4 is 4.74 Å². The SMILES string of the molecule is CCC(=O)Cc1cnc(Cl)c(OC)c1. The molecular formula is C10H12ClNO2. The van der Waals surface area contributed by atoms with Crippen LogP contribution in [0.25, 0.3) is 0 Å². The Morgan fingerprint density at radius 3 is 2.93 bits per heavy atom. The number of ketones is 1. The van der Waals surface area contributed by atoms with Gasteiger partial charge in [0.15, 0.2) is 10.9 Å². The first kappa shape index (κ1) is 11.0. The van der Waals surface area contributed by atoms with Crippen molar-refractivity contribution in [3.63, 3.8) is 0 Å². The first-order valence-electron chi connectivity index (χ1n) is 4.37. The molecule has 1 aromatic heterocycles. The van der Waals surface area contributed by atoms with Crippen molar-refractivity contribution in [2.75, 3.05) is 7.11 Å². The van der Waals surface area contributed by atoms with Crippen LogP contribution in [0.15, 0.2) is 12.3 Å². The zero-order chi connectivity index (χ0) is 10.6. The predicted octanol–water partition coefficient (Wildman–Crippen LogP) is 2.27. The molecule has 14 heavy (non-hydrogen) atoms. The van der Waals surface area contributed by atoms with E-state index >= 15 is 0 Å². The van der Waals surface area contributed by atoms with Crippen LogP contribution in [-0.4, -0.2) is 17.9 Å². The molecule has 0 aromatic carbocycles. The average molecular weight is 214 g/mol. The van der Waals surface area contributed by atoms with E-state index in [4.69, 9.17) is 16.3 Å². The maximum Gasteiger partial charge on any atom is 0.171 e. The summed E-state index contributed by atoms with van der Waals surface area (Å²) in [5.41, 5.74) is 0.832. The lowest BCUT2D eigenvalue weighted by atomic mass is 10.1. The van der Waals surface area contributed by atoms with E-state index in [9.17, 15) is 4.79 Å². The second-order valence-corrected chi connectivity index (χ2v) is 3.26. The Bertz CT molecular complexity index is 339. The fraction of sp³-hybridized carbons (Fsp3) is 0.400. The minimum atomic E-state index is 0.177. The lowest BCUT2D eigenvalue weighted by Crippen LogP contribution is -2.01. The summed E-state index contributed by atoms with van der Waals surface area (Å²) in [4.78, 5) is 15.1. The number of Topliss-reactive ketones (excluding diaryl/α,β-unsaturated/α-hetero) is 1. The molecule has 0 amide bonds. The van der Waals surface area contributed by atoms with Gasteiger partial charge in [-0.05, 0) is 11.6 Å². The van der Waals surface area contributed by atoms with Gasteiger partial charge >= 0.3 is 0 Å². The minimum absolute atomic E-state index is 0.177. The van der Waals surface area contributed by atoms with Gasteiger partial charge in [-0.2, -0.15) is 0 Å². The zero-order valence-electron chi connectivity index (χ0n) is 8.21. The Balaban J connectivity index is 2.84. The second kappa shape index (κ2) is 4.96. The topological polar surface area (TPSA) is 39.2 Å². The highest BCUT2D eigenvalue weighted by molar-refractivity contribution is 6.30. The van der Waals surface area contributed by atoms with Crippen molar-refractivity contribution in [3.8, 4) is 5.75 Å². The van der Waals surface area contributed by atoms with Gasteiger partial charge in [0.05, 0.1) is 7.11 Å². The largest absolute Gasteiger partial charge is 0.494 e. The molecule has 1 aromatic rings. The van der Waals surface area contributed by atoms with E-state index in [1.54, 1.807) is 12.3 Å². The van der Waals surface area contributed by atoms with Gasteiger partial charge < -0.3 is 4.74 Å². The maximum atomic E-state index is 11.2. The first-order chi connectivity index (χ1) is 6.67. The Morgan fingerprint density at radius 2 is 2.36 bits per heavy atom. The Morgan fingerprint density at radius 1 is 1.64 bits per heavy atom. The fourth-order valence-electron chi connectivity index (χ4n) is 1.06. The summed E-state index contributed by atoms with van der Waals surface area (Å²) in [5.74, 6) is 0.684. The summed E-state index contributed by atoms with van der Waals surface area (Å²) in [6, 6.07) is 1.74. The fourth-order valence-corrected chi connectivity index (χ4v) is 1.24. The number of methoxy groups -OCH3 is 1. The summed E-state index contributed by atoms with van der Waals surface area (Å²) in [6.45, 7) is 1.84. The van der Waals surface area contributed by atoms with E-state index in [2.05, 4.69) is 4.98 Å². The molecule has 0 saturated carbocycles. The van der Waals surface area contributed by atoms with Crippen LogP contribution in [0.2, 0.25) is 5.15 Å². The van der Waals surface area contributed by atoms with Gasteiger partial charge in [0, 0.05) is 19.0 Å². The van der Waals surface area contributed by atoms with Crippen molar-refractivity contribution in [1.29, 1.82) is 0 Å². The summed E-state index contributed by atoms with van der Waals surface area (Å²) in [5, 5.41) is 0.320. The number of pyridine rings is 1. The molecule has 3 nitrogen and oxygen atoms in total. The molecule has 0 N–H and O–H groups in total. The molecule has 0 fully saturated rings. The van der Waals surface area contributed by atoms with E-state index in [1.165, 1.54) is 7.11 Å². The summed E-state index contributed by atoms with van der Waals surface area (Å²) in [7, 11) is 1.52. The highest BCUT2D eigenvalue weighted by Crippen LogP contribution is 2.22. The van der Waals surface area contributed by atoms with Crippen LogP contribution in [0.4, 0.5) is 0 Å². The monoisotopic (exact) mass is 213 g/mol. The Labute approximate surface area is 88.1 Å². The number of hydrogen-bond acceptors (Lipinski definition) is 3. The van der Waals surface area contributed by atoms with Crippen LogP contribution in [0.3, 0.4) is 0 Å². The van der Waals surface area contributed by atoms with Crippen LogP contribution in [0.1, 0.15) is 18.9 Å². The molecule has 76 valence electrons. The van der Waals surface area contributed by atoms with Crippen molar-refractivity contribution in [3.05, 3.63) is 23.0 Å². The minimum Gasteiger partial charge on any atom is -0.494 e. The van der Waals surface area contributed by atoms with Crippen molar-refractivity contribution in [1.82, 2.24) is 4.98 Å². The first-order valence-corrected chi connectivity index (χ1v) is 4.75. The lowest BCUT2D eigenvalue weighted by molar-refractivity contribution is -0.118. The standard InChI is InChI=1S/C10H12ClNO2/c1-3-8(13)4-7-5-9(14-2)10(11)12-6-7/h5-6H,3-4H2,1-2H3. The summed E-state index contributed by atoms with van der Waals surface area (Å²) >= 11 is 5.75. The molecule has 0 bridgehead atoms. The third-order valence-electron chi connectivity index (χ3n) is 1.88. The van der Waals surface area contributed by atoms with Crippen molar-refractivity contribution >= 4 is 17.4 Å². The molecule has 0 saturated heterocycles. The smallest absolute Gasteiger partial charge is 0.171 e. The Hall–Kier alpha value is -1.09. The molecular weight excluding hydrogens is 202 g/mol. The quantitative estimate of drug-likeness (QED) is 0.721. The van der Waals surface area contributed by atoms with Crippen LogP contribution in [-0.2, 0) is 11.2 Å². The molecule has 0 spiro atoms. The van der Waals surface area contributed by atoms with Crippen molar-refractivity contribution in [2.24, 2.45) is 0 Å². The molecule has 0 aliphatic rings. The normalized spacial score (nSPS) is 9.93. The lowest BCUT2D eigenvalue weighted by Gasteiger charge is -2.04. The van der Waals surface area contributed by atoms with E-state index in [-0.39, 0.29) is 5.78 Å². The summed E-state index contributed by atoms with van der Waals surface area (Å²) in [6.07, 6.45) is 2.51. The van der Waals surface area contributed by atoms with Crippen LogP contribution in [0.5, 0.6) is 5.75 Å². The third kappa shape index (κ3) is 2.70. The average Bonchev–Trinajstić information content (AvgIpc) is 2.20. The molecule has 0 atom stereocenters. The zero-order valence-corrected chi connectivity index (χ0v) is 8.97. The molecule has 0 aliphatic carbocycles. The van der Waals surface area contributed by atoms with Gasteiger partial charge in [0.25, 0.3) is 0 Å². The van der Waals surface area contributed by atoms with Gasteiger partial charge in [0.2, 0.25) is 0 Å². The van der Waals surface area contributed by atoms with Gasteiger partial charge in [-0.15, -0.1) is 0 Å². The molecule has 1 heterocycles. The summed E-state index contributed by atoms with van der Waals surface area (Å²) < 4.78 is 5.00. The van der Waals surface area contributed by atoms with Crippen LogP contribution in [0, 0.1) is 0 Å². The number of carbonyl (C=O) groups excluding carboxylic acids is 1. The van der Waals surface area contributed by atoms with Crippen molar-refractivity contribution in [2.45, 2.75) is 19.8 Å². The van der Waals surface area contributed by atoms with Gasteiger partial charge in [-0.25, -0.2) is 4.98 Å². The van der Waals surface area contributed by atoms with Gasteiger partial charge in [-0.3, -0.25) is 4.79 Å². The van der Waals surface area contributed by atoms with E-state index in [0.717, 1.165) is 5.56 Å². The number of hydrogen-bond donors (Lipinski definition) is 0. The van der Waals surface area contributed by atoms with Gasteiger partial charge in [-0.1, -0.05) is 18.5 Å². The molecule has 0 unspecified atom stereocenters. The van der Waals surface area contributed by atoms with Gasteiger partial charge in [0.1, 0.15) is 5.78 Å². The number of nitrogens with zero attached hydrogens (tertiary/aromatic N) is 1. The number of rotatable bonds is 4. The second-order valence-electron chi connectivity index (χ2n) is 2.91.